The summed E-state index contributed by atoms with van der Waals surface area (Å²) in [5.41, 5.74) is 2.76. The molecule has 1 heteroatoms. The molecule has 1 aliphatic carbocycles. The van der Waals surface area contributed by atoms with Gasteiger partial charge in [-0.25, -0.2) is 0 Å². The van der Waals surface area contributed by atoms with Crippen molar-refractivity contribution in [3.63, 3.8) is 0 Å². The number of rotatable bonds is 4. The minimum absolute atomic E-state index is 0.907. The predicted octanol–water partition coefficient (Wildman–Crippen LogP) is 3.52. The number of hydrogen-bond donors (Lipinski definition) is 1. The molecule has 0 radical (unpaired) electrons. The number of hydrogen-bond acceptors (Lipinski definition) is 1. The molecule has 1 nitrogen and oxygen atoms in total. The first-order valence-electron chi connectivity index (χ1n) is 6.52. The van der Waals surface area contributed by atoms with Crippen LogP contribution in [0.4, 0.5) is 0 Å². The Labute approximate surface area is 99.3 Å². The predicted molar refractivity (Wildman–Crippen MR) is 69.4 cm³/mol. The van der Waals surface area contributed by atoms with Gasteiger partial charge in [0.05, 0.1) is 0 Å². The zero-order chi connectivity index (χ0) is 11.4. The van der Waals surface area contributed by atoms with E-state index in [1.807, 2.05) is 0 Å². The lowest BCUT2D eigenvalue weighted by Crippen LogP contribution is -2.23. The second kappa shape index (κ2) is 5.49. The average molecular weight is 217 g/mol. The zero-order valence-corrected chi connectivity index (χ0v) is 10.5. The van der Waals surface area contributed by atoms with Crippen molar-refractivity contribution in [2.24, 2.45) is 11.8 Å². The fourth-order valence-electron chi connectivity index (χ4n) is 2.75. The number of aryl methyl sites for hydroxylation is 1. The SMILES string of the molecule is Cc1cccc(CNCC2CCCC2C)c1. The third-order valence-electron chi connectivity index (χ3n) is 3.86. The van der Waals surface area contributed by atoms with E-state index in [0.717, 1.165) is 18.4 Å². The van der Waals surface area contributed by atoms with Gasteiger partial charge in [0.25, 0.3) is 0 Å². The molecule has 0 spiro atoms. The molecule has 2 atom stereocenters. The molecule has 0 bridgehead atoms. The molecule has 0 aromatic heterocycles. The first-order chi connectivity index (χ1) is 7.75. The molecule has 2 unspecified atom stereocenters. The van der Waals surface area contributed by atoms with Crippen LogP contribution in [0.3, 0.4) is 0 Å². The van der Waals surface area contributed by atoms with E-state index < -0.39 is 0 Å². The summed E-state index contributed by atoms with van der Waals surface area (Å²) in [6.45, 7) is 6.76. The Morgan fingerprint density at radius 3 is 2.88 bits per heavy atom. The maximum Gasteiger partial charge on any atom is 0.0205 e. The lowest BCUT2D eigenvalue weighted by atomic mass is 9.98. The molecule has 88 valence electrons. The van der Waals surface area contributed by atoms with Gasteiger partial charge >= 0.3 is 0 Å². The first kappa shape index (κ1) is 11.7. The Morgan fingerprint density at radius 1 is 1.31 bits per heavy atom. The van der Waals surface area contributed by atoms with Gasteiger partial charge in [0.1, 0.15) is 0 Å². The summed E-state index contributed by atoms with van der Waals surface area (Å²) in [7, 11) is 0. The summed E-state index contributed by atoms with van der Waals surface area (Å²) in [6.07, 6.45) is 4.27. The van der Waals surface area contributed by atoms with Gasteiger partial charge in [-0.3, -0.25) is 0 Å². The van der Waals surface area contributed by atoms with Gasteiger partial charge in [0.15, 0.2) is 0 Å². The molecule has 1 N–H and O–H groups in total. The molecule has 0 amide bonds. The molecule has 0 saturated heterocycles. The molecule has 16 heavy (non-hydrogen) atoms. The van der Waals surface area contributed by atoms with Crippen molar-refractivity contribution in [3.05, 3.63) is 35.4 Å². The van der Waals surface area contributed by atoms with E-state index in [1.54, 1.807) is 0 Å². The summed E-state index contributed by atoms with van der Waals surface area (Å²) in [6, 6.07) is 8.77. The van der Waals surface area contributed by atoms with Crippen molar-refractivity contribution in [1.82, 2.24) is 5.32 Å². The van der Waals surface area contributed by atoms with Crippen LogP contribution in [0.2, 0.25) is 0 Å². The molecule has 1 aliphatic rings. The lowest BCUT2D eigenvalue weighted by molar-refractivity contribution is 0.392. The highest BCUT2D eigenvalue weighted by atomic mass is 14.9. The molecule has 1 saturated carbocycles. The van der Waals surface area contributed by atoms with Crippen LogP contribution in [-0.2, 0) is 6.54 Å². The smallest absolute Gasteiger partial charge is 0.0205 e. The summed E-state index contributed by atoms with van der Waals surface area (Å²) in [5, 5.41) is 3.60. The van der Waals surface area contributed by atoms with Crippen LogP contribution in [0.25, 0.3) is 0 Å². The monoisotopic (exact) mass is 217 g/mol. The maximum absolute atomic E-state index is 3.60. The van der Waals surface area contributed by atoms with Crippen LogP contribution in [0.15, 0.2) is 24.3 Å². The van der Waals surface area contributed by atoms with Crippen molar-refractivity contribution in [2.75, 3.05) is 6.54 Å². The van der Waals surface area contributed by atoms with Gasteiger partial charge in [-0.1, -0.05) is 49.6 Å². The van der Waals surface area contributed by atoms with E-state index in [0.29, 0.717) is 0 Å². The van der Waals surface area contributed by atoms with E-state index in [-0.39, 0.29) is 0 Å². The van der Waals surface area contributed by atoms with E-state index >= 15 is 0 Å². The summed E-state index contributed by atoms with van der Waals surface area (Å²) < 4.78 is 0. The Hall–Kier alpha value is -0.820. The summed E-state index contributed by atoms with van der Waals surface area (Å²) in [5.74, 6) is 1.83. The van der Waals surface area contributed by atoms with Crippen LogP contribution in [0.1, 0.15) is 37.3 Å². The molecule has 1 aromatic carbocycles. The molecular weight excluding hydrogens is 194 g/mol. The minimum Gasteiger partial charge on any atom is -0.312 e. The zero-order valence-electron chi connectivity index (χ0n) is 10.5. The van der Waals surface area contributed by atoms with Crippen molar-refractivity contribution in [3.8, 4) is 0 Å². The molecule has 1 aromatic rings. The van der Waals surface area contributed by atoms with E-state index in [1.165, 1.54) is 36.9 Å². The van der Waals surface area contributed by atoms with Gasteiger partial charge in [0.2, 0.25) is 0 Å². The van der Waals surface area contributed by atoms with Crippen molar-refractivity contribution in [1.29, 1.82) is 0 Å². The van der Waals surface area contributed by atoms with Crippen LogP contribution in [0.5, 0.6) is 0 Å². The fourth-order valence-corrected chi connectivity index (χ4v) is 2.75. The Bertz CT molecular complexity index is 332. The second-order valence-electron chi connectivity index (χ2n) is 5.29. The van der Waals surface area contributed by atoms with Crippen LogP contribution >= 0.6 is 0 Å². The Kier molecular flexibility index (Phi) is 4.00. The number of benzene rings is 1. The van der Waals surface area contributed by atoms with Crippen LogP contribution in [0, 0.1) is 18.8 Å². The van der Waals surface area contributed by atoms with Gasteiger partial charge in [-0.2, -0.15) is 0 Å². The topological polar surface area (TPSA) is 12.0 Å². The first-order valence-corrected chi connectivity index (χ1v) is 6.52. The largest absolute Gasteiger partial charge is 0.312 e. The highest BCUT2D eigenvalue weighted by Gasteiger charge is 2.22. The molecule has 2 rings (SSSR count). The summed E-state index contributed by atoms with van der Waals surface area (Å²) >= 11 is 0. The lowest BCUT2D eigenvalue weighted by Gasteiger charge is -2.16. The highest BCUT2D eigenvalue weighted by molar-refractivity contribution is 5.21. The maximum atomic E-state index is 3.60. The molecule has 0 heterocycles. The van der Waals surface area contributed by atoms with Crippen LogP contribution < -0.4 is 5.32 Å². The van der Waals surface area contributed by atoms with Crippen LogP contribution in [-0.4, -0.2) is 6.54 Å². The van der Waals surface area contributed by atoms with Gasteiger partial charge < -0.3 is 5.32 Å². The fraction of sp³-hybridized carbons (Fsp3) is 0.600. The normalized spacial score (nSPS) is 24.9. The highest BCUT2D eigenvalue weighted by Crippen LogP contribution is 2.30. The van der Waals surface area contributed by atoms with Crippen molar-refractivity contribution < 1.29 is 0 Å². The Morgan fingerprint density at radius 2 is 2.19 bits per heavy atom. The quantitative estimate of drug-likeness (QED) is 0.813. The molecular formula is C15H23N. The van der Waals surface area contributed by atoms with Crippen molar-refractivity contribution in [2.45, 2.75) is 39.7 Å². The third-order valence-corrected chi connectivity index (χ3v) is 3.86. The molecule has 0 aliphatic heterocycles. The third kappa shape index (κ3) is 3.08. The van der Waals surface area contributed by atoms with Crippen molar-refractivity contribution >= 4 is 0 Å². The van der Waals surface area contributed by atoms with Gasteiger partial charge in [0, 0.05) is 6.54 Å². The minimum atomic E-state index is 0.907. The molecule has 1 fully saturated rings. The summed E-state index contributed by atoms with van der Waals surface area (Å²) in [4.78, 5) is 0. The number of nitrogens with one attached hydrogen (secondary N) is 1. The second-order valence-corrected chi connectivity index (χ2v) is 5.29. The standard InChI is InChI=1S/C15H23N/c1-12-5-3-7-14(9-12)10-16-11-15-8-4-6-13(15)2/h3,5,7,9,13,15-16H,4,6,8,10-11H2,1-2H3. The van der Waals surface area contributed by atoms with Gasteiger partial charge in [-0.15, -0.1) is 0 Å². The van der Waals surface area contributed by atoms with Gasteiger partial charge in [-0.05, 0) is 37.3 Å². The van der Waals surface area contributed by atoms with E-state index in [2.05, 4.69) is 43.4 Å². The average Bonchev–Trinajstić information content (AvgIpc) is 2.65. The van der Waals surface area contributed by atoms with E-state index in [9.17, 15) is 0 Å². The van der Waals surface area contributed by atoms with E-state index in [4.69, 9.17) is 0 Å². The Balaban J connectivity index is 1.75.